The summed E-state index contributed by atoms with van der Waals surface area (Å²) in [5.41, 5.74) is 0. The maximum Gasteiger partial charge on any atom is 0.333 e. The lowest BCUT2D eigenvalue weighted by molar-refractivity contribution is 0.475. The van der Waals surface area contributed by atoms with Crippen molar-refractivity contribution in [1.82, 2.24) is 0 Å². The van der Waals surface area contributed by atoms with Crippen LogP contribution in [0, 0.1) is 0 Å². The summed E-state index contributed by atoms with van der Waals surface area (Å²) >= 11 is 0. The third-order valence-corrected chi connectivity index (χ3v) is 1.53. The second-order valence-corrected chi connectivity index (χ2v) is 2.41. The number of halogens is 1. The molecule has 0 aliphatic rings. The van der Waals surface area contributed by atoms with Crippen LogP contribution < -0.4 is 5.19 Å². The van der Waals surface area contributed by atoms with Gasteiger partial charge in [0.1, 0.15) is 5.75 Å². The van der Waals surface area contributed by atoms with E-state index in [0.29, 0.717) is 5.19 Å². The summed E-state index contributed by atoms with van der Waals surface area (Å²) in [4.78, 5) is 0. The molecule has 0 atom stereocenters. The number of hydrogen-bond acceptors (Lipinski definition) is 1. The minimum Gasteiger partial charge on any atom is -0.508 e. The minimum atomic E-state index is -0.685. The molecule has 1 N–H and O–H groups in total. The van der Waals surface area contributed by atoms with E-state index in [9.17, 15) is 4.11 Å². The molecule has 0 fully saturated rings. The Bertz CT molecular complexity index is 185. The predicted molar refractivity (Wildman–Crippen MR) is 34.6 cm³/mol. The summed E-state index contributed by atoms with van der Waals surface area (Å²) < 4.78 is 11.8. The molecule has 9 heavy (non-hydrogen) atoms. The highest BCUT2D eigenvalue weighted by molar-refractivity contribution is 6.46. The molecular formula is C6H5FOSi. The molecule has 0 aliphatic carbocycles. The lowest BCUT2D eigenvalue weighted by atomic mass is 10.3. The first-order valence-electron chi connectivity index (χ1n) is 2.48. The fourth-order valence-electron chi connectivity index (χ4n) is 0.524. The van der Waals surface area contributed by atoms with Gasteiger partial charge in [-0.25, -0.2) is 0 Å². The first-order valence-corrected chi connectivity index (χ1v) is 3.36. The molecule has 0 spiro atoms. The van der Waals surface area contributed by atoms with Gasteiger partial charge in [-0.05, 0) is 17.3 Å². The summed E-state index contributed by atoms with van der Waals surface area (Å²) in [6, 6.07) is 6.07. The van der Waals surface area contributed by atoms with Crippen molar-refractivity contribution >= 4 is 15.0 Å². The Morgan fingerprint density at radius 1 is 1.22 bits per heavy atom. The number of rotatable bonds is 1. The standard InChI is InChI=1S/C6H5FOSi/c7-9-6-3-1-5(8)2-4-6/h1-4,8H. The maximum absolute atomic E-state index is 11.8. The molecule has 2 radical (unpaired) electrons. The molecule has 0 aliphatic heterocycles. The molecule has 0 unspecified atom stereocenters. The molecule has 1 aromatic carbocycles. The number of aromatic hydroxyl groups is 1. The van der Waals surface area contributed by atoms with Crippen LogP contribution in [0.5, 0.6) is 5.75 Å². The number of phenols is 1. The van der Waals surface area contributed by atoms with Crippen LogP contribution in [0.3, 0.4) is 0 Å². The van der Waals surface area contributed by atoms with E-state index >= 15 is 0 Å². The zero-order valence-electron chi connectivity index (χ0n) is 4.63. The van der Waals surface area contributed by atoms with Crippen LogP contribution in [0.15, 0.2) is 24.3 Å². The van der Waals surface area contributed by atoms with Crippen molar-refractivity contribution in [2.45, 2.75) is 0 Å². The van der Waals surface area contributed by atoms with Crippen molar-refractivity contribution in [2.75, 3.05) is 0 Å². The van der Waals surface area contributed by atoms with Crippen LogP contribution in [0.25, 0.3) is 0 Å². The number of hydrogen-bond donors (Lipinski definition) is 1. The van der Waals surface area contributed by atoms with E-state index in [1.807, 2.05) is 0 Å². The van der Waals surface area contributed by atoms with Crippen LogP contribution >= 0.6 is 0 Å². The quantitative estimate of drug-likeness (QED) is 0.447. The molecule has 1 aromatic rings. The van der Waals surface area contributed by atoms with Crippen LogP contribution in [0.2, 0.25) is 0 Å². The Labute approximate surface area is 55.1 Å². The zero-order valence-corrected chi connectivity index (χ0v) is 5.63. The molecule has 0 heterocycles. The van der Waals surface area contributed by atoms with E-state index in [0.717, 1.165) is 0 Å². The Kier molecular flexibility index (Phi) is 1.84. The van der Waals surface area contributed by atoms with Gasteiger partial charge in [-0.15, -0.1) is 0 Å². The highest BCUT2D eigenvalue weighted by atomic mass is 28.3. The van der Waals surface area contributed by atoms with Gasteiger partial charge in [0.25, 0.3) is 0 Å². The first-order chi connectivity index (χ1) is 4.33. The summed E-state index contributed by atoms with van der Waals surface area (Å²) in [5.74, 6) is 0.178. The normalized spacial score (nSPS) is 9.44. The van der Waals surface area contributed by atoms with Crippen molar-refractivity contribution in [3.05, 3.63) is 24.3 Å². The highest BCUT2D eigenvalue weighted by Crippen LogP contribution is 2.02. The molecule has 0 bridgehead atoms. The van der Waals surface area contributed by atoms with Gasteiger partial charge in [-0.3, -0.25) is 0 Å². The van der Waals surface area contributed by atoms with Gasteiger partial charge in [0, 0.05) is 0 Å². The fraction of sp³-hybridized carbons (Fsp3) is 0. The topological polar surface area (TPSA) is 20.2 Å². The summed E-state index contributed by atoms with van der Waals surface area (Å²) in [6.45, 7) is 0. The average molecular weight is 140 g/mol. The van der Waals surface area contributed by atoms with Gasteiger partial charge in [0.2, 0.25) is 0 Å². The lowest BCUT2D eigenvalue weighted by Gasteiger charge is -1.90. The summed E-state index contributed by atoms with van der Waals surface area (Å²) in [5, 5.41) is 9.35. The van der Waals surface area contributed by atoms with Gasteiger partial charge < -0.3 is 9.21 Å². The molecule has 0 aromatic heterocycles. The van der Waals surface area contributed by atoms with E-state index in [2.05, 4.69) is 0 Å². The van der Waals surface area contributed by atoms with E-state index in [1.165, 1.54) is 12.1 Å². The average Bonchev–Trinajstić information content (AvgIpc) is 1.90. The van der Waals surface area contributed by atoms with Gasteiger partial charge in [-0.1, -0.05) is 12.1 Å². The van der Waals surface area contributed by atoms with Gasteiger partial charge >= 0.3 is 9.85 Å². The van der Waals surface area contributed by atoms with Crippen molar-refractivity contribution in [2.24, 2.45) is 0 Å². The molecule has 46 valence electrons. The minimum absolute atomic E-state index is 0.178. The highest BCUT2D eigenvalue weighted by Gasteiger charge is 1.91. The molecule has 1 rings (SSSR count). The molecule has 3 heteroatoms. The number of benzene rings is 1. The SMILES string of the molecule is Oc1ccc([Si]F)cc1. The smallest absolute Gasteiger partial charge is 0.333 e. The largest absolute Gasteiger partial charge is 0.508 e. The summed E-state index contributed by atoms with van der Waals surface area (Å²) in [6.07, 6.45) is 0. The third-order valence-electron chi connectivity index (χ3n) is 0.976. The molecule has 0 amide bonds. The summed E-state index contributed by atoms with van der Waals surface area (Å²) in [7, 11) is -0.685. The van der Waals surface area contributed by atoms with Crippen molar-refractivity contribution < 1.29 is 9.21 Å². The maximum atomic E-state index is 11.8. The Balaban J connectivity index is 2.88. The van der Waals surface area contributed by atoms with Crippen LogP contribution in [0.4, 0.5) is 4.11 Å². The van der Waals surface area contributed by atoms with Crippen LogP contribution in [-0.2, 0) is 0 Å². The molecule has 0 saturated carbocycles. The zero-order chi connectivity index (χ0) is 6.69. The Morgan fingerprint density at radius 3 is 2.22 bits per heavy atom. The van der Waals surface area contributed by atoms with E-state index in [1.54, 1.807) is 12.1 Å². The van der Waals surface area contributed by atoms with Crippen LogP contribution in [-0.4, -0.2) is 15.0 Å². The van der Waals surface area contributed by atoms with Crippen molar-refractivity contribution in [3.63, 3.8) is 0 Å². The van der Waals surface area contributed by atoms with E-state index in [4.69, 9.17) is 5.11 Å². The van der Waals surface area contributed by atoms with Gasteiger partial charge in [0.05, 0.1) is 0 Å². The first kappa shape index (κ1) is 6.29. The fourth-order valence-corrected chi connectivity index (χ4v) is 0.817. The third kappa shape index (κ3) is 1.53. The van der Waals surface area contributed by atoms with Crippen molar-refractivity contribution in [1.29, 1.82) is 0 Å². The second kappa shape index (κ2) is 2.64. The number of phenolic OH excluding ortho intramolecular Hbond substituents is 1. The lowest BCUT2D eigenvalue weighted by Crippen LogP contribution is -2.06. The Hall–Kier alpha value is -0.833. The van der Waals surface area contributed by atoms with Gasteiger partial charge in [-0.2, -0.15) is 0 Å². The van der Waals surface area contributed by atoms with Gasteiger partial charge in [0.15, 0.2) is 0 Å². The molecule has 1 nitrogen and oxygen atoms in total. The second-order valence-electron chi connectivity index (χ2n) is 1.64. The van der Waals surface area contributed by atoms with Crippen LogP contribution in [0.1, 0.15) is 0 Å². The van der Waals surface area contributed by atoms with Crippen molar-refractivity contribution in [3.8, 4) is 5.75 Å². The van der Waals surface area contributed by atoms with E-state index < -0.39 is 9.85 Å². The molecule has 0 saturated heterocycles. The Morgan fingerprint density at radius 2 is 1.78 bits per heavy atom. The monoisotopic (exact) mass is 140 g/mol. The van der Waals surface area contributed by atoms with E-state index in [-0.39, 0.29) is 5.75 Å². The predicted octanol–water partition coefficient (Wildman–Crippen LogP) is 0.606. The molecular weight excluding hydrogens is 135 g/mol.